The van der Waals surface area contributed by atoms with E-state index < -0.39 is 18.0 Å². The summed E-state index contributed by atoms with van der Waals surface area (Å²) in [6, 6.07) is 5.15. The van der Waals surface area contributed by atoms with Crippen LogP contribution in [0.1, 0.15) is 13.0 Å². The normalized spacial score (nSPS) is 15.8. The molecule has 1 unspecified atom stereocenters. The lowest BCUT2D eigenvalue weighted by molar-refractivity contribution is -0.162. The van der Waals surface area contributed by atoms with E-state index in [1.54, 1.807) is 0 Å². The van der Waals surface area contributed by atoms with Crippen molar-refractivity contribution in [1.82, 2.24) is 19.5 Å². The van der Waals surface area contributed by atoms with Crippen molar-refractivity contribution in [2.45, 2.75) is 25.2 Å². The highest BCUT2D eigenvalue weighted by molar-refractivity contribution is 5.77. The fraction of sp³-hybridized carbons (Fsp3) is 0.316. The molecular weight excluding hydrogens is 390 g/mol. The van der Waals surface area contributed by atoms with E-state index in [9.17, 15) is 17.6 Å². The van der Waals surface area contributed by atoms with Crippen LogP contribution in [0.5, 0.6) is 0 Å². The number of ether oxygens (including phenoxy) is 1. The molecule has 3 heterocycles. The lowest BCUT2D eigenvalue weighted by Gasteiger charge is -2.26. The van der Waals surface area contributed by atoms with Crippen LogP contribution in [-0.2, 0) is 4.74 Å². The van der Waals surface area contributed by atoms with Gasteiger partial charge >= 0.3 is 6.18 Å². The highest BCUT2D eigenvalue weighted by Gasteiger charge is 2.39. The molecule has 1 saturated heterocycles. The third-order valence-corrected chi connectivity index (χ3v) is 4.67. The van der Waals surface area contributed by atoms with Gasteiger partial charge in [0.15, 0.2) is 0 Å². The van der Waals surface area contributed by atoms with Crippen molar-refractivity contribution in [3.8, 4) is 22.6 Å². The second kappa shape index (κ2) is 7.43. The number of hydrogen-bond acceptors (Lipinski definition) is 5. The summed E-state index contributed by atoms with van der Waals surface area (Å²) in [5.74, 6) is -0.164. The molecule has 1 fully saturated rings. The molecule has 0 amide bonds. The number of halogens is 4. The van der Waals surface area contributed by atoms with E-state index in [4.69, 9.17) is 4.74 Å². The fourth-order valence-corrected chi connectivity index (χ4v) is 2.95. The van der Waals surface area contributed by atoms with E-state index in [1.807, 2.05) is 0 Å². The van der Waals surface area contributed by atoms with Crippen LogP contribution >= 0.6 is 0 Å². The second-order valence-electron chi connectivity index (χ2n) is 6.72. The average molecular weight is 407 g/mol. The first kappa shape index (κ1) is 19.3. The number of hydrogen-bond donors (Lipinski definition) is 1. The maximum absolute atomic E-state index is 13.4. The highest BCUT2D eigenvalue weighted by Crippen LogP contribution is 2.38. The SMILES string of the molecule is CC(n1cnc(-c2ccc(F)cc2)c1-c1ccnc(NC2COC2)n1)C(F)(F)F. The Morgan fingerprint density at radius 3 is 2.48 bits per heavy atom. The first-order valence-electron chi connectivity index (χ1n) is 8.90. The van der Waals surface area contributed by atoms with Gasteiger partial charge in [0, 0.05) is 11.8 Å². The molecule has 1 aliphatic heterocycles. The van der Waals surface area contributed by atoms with Gasteiger partial charge in [-0.05, 0) is 37.3 Å². The average Bonchev–Trinajstić information content (AvgIpc) is 3.09. The minimum atomic E-state index is -4.48. The number of imidazole rings is 1. The molecule has 1 aromatic carbocycles. The summed E-state index contributed by atoms with van der Waals surface area (Å²) in [7, 11) is 0. The number of anilines is 1. The number of alkyl halides is 3. The minimum absolute atomic E-state index is 0.0563. The Morgan fingerprint density at radius 1 is 1.14 bits per heavy atom. The van der Waals surface area contributed by atoms with Crippen LogP contribution in [0.2, 0.25) is 0 Å². The molecule has 29 heavy (non-hydrogen) atoms. The van der Waals surface area contributed by atoms with Gasteiger partial charge in [-0.1, -0.05) is 0 Å². The topological polar surface area (TPSA) is 64.9 Å². The van der Waals surface area contributed by atoms with E-state index >= 15 is 0 Å². The molecule has 10 heteroatoms. The van der Waals surface area contributed by atoms with E-state index in [2.05, 4.69) is 20.3 Å². The zero-order chi connectivity index (χ0) is 20.6. The smallest absolute Gasteiger partial charge is 0.377 e. The van der Waals surface area contributed by atoms with E-state index in [-0.39, 0.29) is 29.1 Å². The van der Waals surface area contributed by atoms with Gasteiger partial charge in [0.05, 0.1) is 42.7 Å². The van der Waals surface area contributed by atoms with E-state index in [1.165, 1.54) is 36.5 Å². The van der Waals surface area contributed by atoms with Crippen LogP contribution < -0.4 is 5.32 Å². The second-order valence-corrected chi connectivity index (χ2v) is 6.72. The van der Waals surface area contributed by atoms with Crippen molar-refractivity contribution in [1.29, 1.82) is 0 Å². The Hall–Kier alpha value is -3.01. The molecule has 0 aliphatic carbocycles. The molecule has 1 N–H and O–H groups in total. The van der Waals surface area contributed by atoms with Crippen molar-refractivity contribution in [3.63, 3.8) is 0 Å². The van der Waals surface area contributed by atoms with Gasteiger partial charge in [-0.25, -0.2) is 19.3 Å². The van der Waals surface area contributed by atoms with Crippen LogP contribution in [0.4, 0.5) is 23.5 Å². The van der Waals surface area contributed by atoms with Crippen LogP contribution in [0, 0.1) is 5.82 Å². The molecule has 0 spiro atoms. The molecule has 0 saturated carbocycles. The van der Waals surface area contributed by atoms with E-state index in [0.29, 0.717) is 18.8 Å². The van der Waals surface area contributed by atoms with Crippen molar-refractivity contribution < 1.29 is 22.3 Å². The quantitative estimate of drug-likeness (QED) is 0.646. The number of rotatable bonds is 5. The molecule has 152 valence electrons. The van der Waals surface area contributed by atoms with Crippen LogP contribution in [0.3, 0.4) is 0 Å². The Kier molecular flexibility index (Phi) is 4.95. The third kappa shape index (κ3) is 3.93. The predicted molar refractivity (Wildman–Crippen MR) is 97.6 cm³/mol. The maximum Gasteiger partial charge on any atom is 0.408 e. The standard InChI is InChI=1S/C19H17F4N5O/c1-11(19(21,22)23)28-10-25-16(12-2-4-13(20)5-3-12)17(28)15-6-7-24-18(27-15)26-14-8-29-9-14/h2-7,10-11,14H,8-9H2,1H3,(H,24,26,27). The number of nitrogens with one attached hydrogen (secondary N) is 1. The van der Waals surface area contributed by atoms with Gasteiger partial charge in [-0.3, -0.25) is 0 Å². The molecule has 3 aromatic rings. The van der Waals surface area contributed by atoms with Crippen LogP contribution in [0.25, 0.3) is 22.6 Å². The molecule has 0 radical (unpaired) electrons. The zero-order valence-corrected chi connectivity index (χ0v) is 15.3. The van der Waals surface area contributed by atoms with Crippen molar-refractivity contribution in [2.24, 2.45) is 0 Å². The van der Waals surface area contributed by atoms with Crippen LogP contribution in [-0.4, -0.2) is 45.0 Å². The van der Waals surface area contributed by atoms with Gasteiger partial charge in [0.2, 0.25) is 5.95 Å². The maximum atomic E-state index is 13.4. The molecule has 6 nitrogen and oxygen atoms in total. The highest BCUT2D eigenvalue weighted by atomic mass is 19.4. The van der Waals surface area contributed by atoms with Gasteiger partial charge < -0.3 is 14.6 Å². The summed E-state index contributed by atoms with van der Waals surface area (Å²) in [6.45, 7) is 2.07. The fourth-order valence-electron chi connectivity index (χ4n) is 2.95. The minimum Gasteiger partial charge on any atom is -0.377 e. The number of nitrogens with zero attached hydrogens (tertiary/aromatic N) is 4. The van der Waals surface area contributed by atoms with Crippen LogP contribution in [0.15, 0.2) is 42.9 Å². The van der Waals surface area contributed by atoms with Crippen molar-refractivity contribution >= 4 is 5.95 Å². The Balaban J connectivity index is 1.82. The third-order valence-electron chi connectivity index (χ3n) is 4.67. The van der Waals surface area contributed by atoms with E-state index in [0.717, 1.165) is 17.8 Å². The molecular formula is C19H17F4N5O. The summed E-state index contributed by atoms with van der Waals surface area (Å²) in [5.41, 5.74) is 1.21. The molecule has 2 aromatic heterocycles. The summed E-state index contributed by atoms with van der Waals surface area (Å²) in [4.78, 5) is 12.7. The Bertz CT molecular complexity index is 999. The Morgan fingerprint density at radius 2 is 1.86 bits per heavy atom. The van der Waals surface area contributed by atoms with Gasteiger partial charge in [-0.15, -0.1) is 0 Å². The summed E-state index contributed by atoms with van der Waals surface area (Å²) < 4.78 is 59.8. The first-order valence-corrected chi connectivity index (χ1v) is 8.90. The Labute approximate surface area is 163 Å². The van der Waals surface area contributed by atoms with Crippen molar-refractivity contribution in [2.75, 3.05) is 18.5 Å². The zero-order valence-electron chi connectivity index (χ0n) is 15.3. The first-order chi connectivity index (χ1) is 13.8. The summed E-state index contributed by atoms with van der Waals surface area (Å²) in [6.07, 6.45) is -1.89. The van der Waals surface area contributed by atoms with Gasteiger partial charge in [-0.2, -0.15) is 13.2 Å². The molecule has 1 aliphatic rings. The summed E-state index contributed by atoms with van der Waals surface area (Å²) in [5, 5.41) is 3.08. The predicted octanol–water partition coefficient (Wildman–Crippen LogP) is 4.08. The lowest BCUT2D eigenvalue weighted by atomic mass is 10.1. The van der Waals surface area contributed by atoms with Crippen molar-refractivity contribution in [3.05, 3.63) is 48.7 Å². The molecule has 0 bridgehead atoms. The monoisotopic (exact) mass is 407 g/mol. The molecule has 1 atom stereocenters. The van der Waals surface area contributed by atoms with Gasteiger partial charge in [0.25, 0.3) is 0 Å². The lowest BCUT2D eigenvalue weighted by Crippen LogP contribution is -2.40. The molecule has 4 rings (SSSR count). The largest absolute Gasteiger partial charge is 0.408 e. The number of aromatic nitrogens is 4. The summed E-state index contributed by atoms with van der Waals surface area (Å²) >= 11 is 0. The van der Waals surface area contributed by atoms with Gasteiger partial charge in [0.1, 0.15) is 11.9 Å². The number of benzene rings is 1.